The summed E-state index contributed by atoms with van der Waals surface area (Å²) in [4.78, 5) is 42.3. The van der Waals surface area contributed by atoms with E-state index in [-0.39, 0.29) is 33.0 Å². The number of aliphatic hydroxyl groups excluding tert-OH is 1. The molecule has 0 saturated carbocycles. The van der Waals surface area contributed by atoms with Gasteiger partial charge in [0.25, 0.3) is 5.91 Å². The molecule has 5 rings (SSSR count). The second kappa shape index (κ2) is 12.8. The van der Waals surface area contributed by atoms with Gasteiger partial charge in [-0.15, -0.1) is 11.8 Å². The number of carbonyl (C=O) groups is 2. The van der Waals surface area contributed by atoms with E-state index in [1.807, 2.05) is 6.26 Å². The first-order chi connectivity index (χ1) is 21.3. The molecule has 0 aliphatic carbocycles. The Morgan fingerprint density at radius 2 is 1.82 bits per heavy atom. The number of aromatic amines is 1. The zero-order valence-electron chi connectivity index (χ0n) is 24.9. The summed E-state index contributed by atoms with van der Waals surface area (Å²) in [7, 11) is 1.40. The van der Waals surface area contributed by atoms with Gasteiger partial charge in [-0.3, -0.25) is 4.79 Å². The van der Waals surface area contributed by atoms with Crippen LogP contribution >= 0.6 is 23.4 Å². The summed E-state index contributed by atoms with van der Waals surface area (Å²) in [6.45, 7) is 5.13. The molecular weight excluding hydrogens is 628 g/mol. The number of thioether (sulfide) groups is 1. The number of hydrogen-bond acceptors (Lipinski definition) is 11. The van der Waals surface area contributed by atoms with Gasteiger partial charge in [-0.25, -0.2) is 9.59 Å². The molecule has 0 bridgehead atoms. The van der Waals surface area contributed by atoms with Crippen LogP contribution in [0.1, 0.15) is 40.4 Å². The summed E-state index contributed by atoms with van der Waals surface area (Å²) in [6.07, 6.45) is -3.16. The summed E-state index contributed by atoms with van der Waals surface area (Å²) >= 11 is 8.06. The lowest BCUT2D eigenvalue weighted by Gasteiger charge is -2.47. The minimum absolute atomic E-state index is 0.0120. The largest absolute Gasteiger partial charge is 0.505 e. The topological polar surface area (TPSA) is 170 Å². The van der Waals surface area contributed by atoms with Gasteiger partial charge in [0.1, 0.15) is 22.6 Å². The number of aromatic hydroxyl groups is 1. The van der Waals surface area contributed by atoms with E-state index in [0.29, 0.717) is 0 Å². The van der Waals surface area contributed by atoms with Crippen LogP contribution in [0, 0.1) is 6.92 Å². The van der Waals surface area contributed by atoms with Crippen LogP contribution in [-0.2, 0) is 14.2 Å². The van der Waals surface area contributed by atoms with Crippen molar-refractivity contribution in [3.8, 4) is 11.5 Å². The van der Waals surface area contributed by atoms with Gasteiger partial charge >= 0.3 is 11.6 Å². The maximum absolute atomic E-state index is 12.9. The predicted molar refractivity (Wildman–Crippen MR) is 166 cm³/mol. The van der Waals surface area contributed by atoms with E-state index in [4.69, 9.17) is 35.0 Å². The summed E-state index contributed by atoms with van der Waals surface area (Å²) in [5.41, 5.74) is -1.67. The molecule has 45 heavy (non-hydrogen) atoms. The number of aromatic nitrogens is 1. The van der Waals surface area contributed by atoms with Crippen LogP contribution in [-0.4, -0.2) is 70.6 Å². The number of methoxy groups -OCH3 is 1. The number of aryl methyl sites for hydroxylation is 1. The van der Waals surface area contributed by atoms with Crippen LogP contribution in [0.2, 0.25) is 5.02 Å². The second-order valence-corrected chi connectivity index (χ2v) is 12.1. The van der Waals surface area contributed by atoms with Crippen molar-refractivity contribution in [2.75, 3.05) is 18.7 Å². The van der Waals surface area contributed by atoms with Gasteiger partial charge in [-0.2, -0.15) is 0 Å². The highest BCUT2D eigenvalue weighted by Gasteiger charge is 2.53. The van der Waals surface area contributed by atoms with E-state index in [2.05, 4.69) is 10.3 Å². The van der Waals surface area contributed by atoms with Crippen molar-refractivity contribution in [1.82, 2.24) is 4.98 Å². The van der Waals surface area contributed by atoms with Crippen LogP contribution in [0.25, 0.3) is 11.0 Å². The molecule has 1 aliphatic heterocycles. The third-order valence-electron chi connectivity index (χ3n) is 7.35. The zero-order valence-corrected chi connectivity index (χ0v) is 26.4. The Morgan fingerprint density at radius 1 is 1.11 bits per heavy atom. The molecule has 1 fully saturated rings. The molecule has 2 aromatic heterocycles. The van der Waals surface area contributed by atoms with E-state index in [0.717, 1.165) is 10.6 Å². The number of halogens is 1. The second-order valence-electron chi connectivity index (χ2n) is 10.8. The van der Waals surface area contributed by atoms with E-state index >= 15 is 0 Å². The number of carbonyl (C=O) groups excluding carboxylic acids is 2. The van der Waals surface area contributed by atoms with Gasteiger partial charge in [0.15, 0.2) is 29.2 Å². The van der Waals surface area contributed by atoms with E-state index < -0.39 is 59.1 Å². The normalized spacial score (nSPS) is 21.0. The smallest absolute Gasteiger partial charge is 0.364 e. The fraction of sp³-hybridized carbons (Fsp3) is 0.323. The van der Waals surface area contributed by atoms with Gasteiger partial charge in [-0.1, -0.05) is 11.6 Å². The Kier molecular flexibility index (Phi) is 9.19. The molecule has 4 aromatic rings. The first-order valence-corrected chi connectivity index (χ1v) is 15.3. The van der Waals surface area contributed by atoms with Crippen LogP contribution in [0.4, 0.5) is 5.69 Å². The average molecular weight is 659 g/mol. The SMILES string of the molecule is CO[C@@H]1[C@@H](OC(=O)c2ccc(C)[nH]2)[C@@H](O)[C@H](Oc2ccc3c(O)c(NC(=O)c4ccc(SC)cc4)c(=O)oc3c2Cl)OC1(C)C. The molecule has 4 atom stereocenters. The van der Waals surface area contributed by atoms with E-state index in [1.54, 1.807) is 57.2 Å². The summed E-state index contributed by atoms with van der Waals surface area (Å²) in [5, 5.41) is 24.4. The highest BCUT2D eigenvalue weighted by molar-refractivity contribution is 7.98. The fourth-order valence-corrected chi connectivity index (χ4v) is 5.73. The minimum atomic E-state index is -1.54. The number of anilines is 1. The molecule has 3 heterocycles. The van der Waals surface area contributed by atoms with Gasteiger partial charge in [0.05, 0.1) is 11.0 Å². The van der Waals surface area contributed by atoms with Crippen molar-refractivity contribution in [3.63, 3.8) is 0 Å². The Bertz CT molecular complexity index is 1800. The molecule has 14 heteroatoms. The summed E-state index contributed by atoms with van der Waals surface area (Å²) in [6, 6.07) is 12.7. The van der Waals surface area contributed by atoms with Crippen molar-refractivity contribution in [2.45, 2.75) is 55.9 Å². The monoisotopic (exact) mass is 658 g/mol. The maximum Gasteiger partial charge on any atom is 0.364 e. The van der Waals surface area contributed by atoms with E-state index in [9.17, 15) is 24.6 Å². The summed E-state index contributed by atoms with van der Waals surface area (Å²) < 4.78 is 28.5. The number of fused-ring (bicyclic) bond motifs is 1. The zero-order chi connectivity index (χ0) is 32.6. The molecule has 1 aliphatic rings. The summed E-state index contributed by atoms with van der Waals surface area (Å²) in [5.74, 6) is -1.98. The molecule has 1 amide bonds. The third-order valence-corrected chi connectivity index (χ3v) is 8.46. The average Bonchev–Trinajstić information content (AvgIpc) is 3.45. The number of rotatable bonds is 8. The van der Waals surface area contributed by atoms with Gasteiger partial charge < -0.3 is 43.9 Å². The Hall–Kier alpha value is -4.01. The molecule has 0 radical (unpaired) electrons. The number of amides is 1. The lowest BCUT2D eigenvalue weighted by Crippen LogP contribution is -2.65. The highest BCUT2D eigenvalue weighted by Crippen LogP contribution is 2.41. The first kappa shape index (κ1) is 32.4. The number of esters is 1. The van der Waals surface area contributed by atoms with Crippen molar-refractivity contribution in [2.24, 2.45) is 0 Å². The van der Waals surface area contributed by atoms with Crippen LogP contribution in [0.5, 0.6) is 11.5 Å². The van der Waals surface area contributed by atoms with Crippen LogP contribution in [0.3, 0.4) is 0 Å². The van der Waals surface area contributed by atoms with Crippen molar-refractivity contribution < 1.29 is 43.2 Å². The number of benzene rings is 2. The fourth-order valence-electron chi connectivity index (χ4n) is 5.07. The number of ether oxygens (including phenoxy) is 4. The van der Waals surface area contributed by atoms with Gasteiger partial charge in [0, 0.05) is 23.3 Å². The molecular formula is C31H31ClN2O10S. The molecule has 4 N–H and O–H groups in total. The minimum Gasteiger partial charge on any atom is -0.505 e. The number of aliphatic hydroxyl groups is 1. The lowest BCUT2D eigenvalue weighted by molar-refractivity contribution is -0.305. The quantitative estimate of drug-likeness (QED) is 0.116. The number of nitrogens with one attached hydrogen (secondary N) is 2. The Morgan fingerprint density at radius 3 is 2.44 bits per heavy atom. The van der Waals surface area contributed by atoms with E-state index in [1.165, 1.54) is 31.0 Å². The van der Waals surface area contributed by atoms with Crippen molar-refractivity contribution >= 4 is 51.9 Å². The maximum atomic E-state index is 12.9. The first-order valence-electron chi connectivity index (χ1n) is 13.7. The third kappa shape index (κ3) is 6.40. The lowest BCUT2D eigenvalue weighted by atomic mass is 9.89. The van der Waals surface area contributed by atoms with Crippen LogP contribution < -0.4 is 15.7 Å². The van der Waals surface area contributed by atoms with Crippen LogP contribution in [0.15, 0.2) is 62.6 Å². The molecule has 2 aromatic carbocycles. The van der Waals surface area contributed by atoms with Crippen molar-refractivity contribution in [1.29, 1.82) is 0 Å². The molecule has 12 nitrogen and oxygen atoms in total. The molecule has 0 spiro atoms. The molecule has 0 unspecified atom stereocenters. The molecule has 238 valence electrons. The Labute approximate surface area is 266 Å². The highest BCUT2D eigenvalue weighted by atomic mass is 35.5. The molecule has 1 saturated heterocycles. The standard InChI is InChI=1S/C31H31ClN2O10S/c1-14-6-12-18(33-14)28(38)43-25-23(36)30(44-31(2,3)26(25)40-4)41-19-13-11-17-22(35)21(29(39)42-24(17)20(19)32)34-27(37)15-7-9-16(45-5)10-8-15/h6-13,23,25-26,30,33,35-36H,1-5H3,(H,34,37)/t23-,25+,26-,30-/m1/s1. The van der Waals surface area contributed by atoms with Gasteiger partial charge in [0.2, 0.25) is 6.29 Å². The van der Waals surface area contributed by atoms with Gasteiger partial charge in [-0.05, 0) is 75.6 Å². The number of H-pyrrole nitrogens is 1. The van der Waals surface area contributed by atoms with Crippen molar-refractivity contribution in [3.05, 3.63) is 80.9 Å². The Balaban J connectivity index is 1.41. The number of hydrogen-bond donors (Lipinski definition) is 4. The predicted octanol–water partition coefficient (Wildman–Crippen LogP) is 4.88.